The molecule has 1 aliphatic heterocycles. The topological polar surface area (TPSA) is 90.7 Å². The van der Waals surface area contributed by atoms with Gasteiger partial charge in [0.1, 0.15) is 11.8 Å². The Labute approximate surface area is 133 Å². The van der Waals surface area contributed by atoms with Crippen LogP contribution >= 0.6 is 0 Å². The molecule has 1 unspecified atom stereocenters. The molecule has 0 saturated heterocycles. The van der Waals surface area contributed by atoms with Crippen molar-refractivity contribution in [3.63, 3.8) is 0 Å². The molecule has 0 aromatic carbocycles. The summed E-state index contributed by atoms with van der Waals surface area (Å²) < 4.78 is 1.55. The van der Waals surface area contributed by atoms with Crippen LogP contribution in [0.3, 0.4) is 0 Å². The Morgan fingerprint density at radius 3 is 2.83 bits per heavy atom. The predicted molar refractivity (Wildman–Crippen MR) is 86.4 cm³/mol. The summed E-state index contributed by atoms with van der Waals surface area (Å²) in [5, 5.41) is 13.5. The SMILES string of the molecule is CC(C)(C)C1CC(c2ccn3nc[nH]c(=O)c23)=CCN1C(=O)O. The average Bonchev–Trinajstić information content (AvgIpc) is 2.91. The van der Waals surface area contributed by atoms with Gasteiger partial charge < -0.3 is 15.0 Å². The third-order valence-corrected chi connectivity index (χ3v) is 4.37. The number of fused-ring (bicyclic) bond motifs is 1. The van der Waals surface area contributed by atoms with Gasteiger partial charge >= 0.3 is 6.09 Å². The van der Waals surface area contributed by atoms with Gasteiger partial charge in [0.2, 0.25) is 0 Å². The second-order valence-electron chi connectivity index (χ2n) is 6.89. The molecular formula is C16H20N4O3. The highest BCUT2D eigenvalue weighted by molar-refractivity contribution is 5.80. The lowest BCUT2D eigenvalue weighted by Crippen LogP contribution is -2.48. The molecule has 2 aromatic rings. The number of aromatic amines is 1. The number of nitrogens with zero attached hydrogens (tertiary/aromatic N) is 3. The average molecular weight is 316 g/mol. The summed E-state index contributed by atoms with van der Waals surface area (Å²) >= 11 is 0. The first-order valence-corrected chi connectivity index (χ1v) is 7.53. The molecule has 2 N–H and O–H groups in total. The molecule has 0 bridgehead atoms. The quantitative estimate of drug-likeness (QED) is 0.844. The van der Waals surface area contributed by atoms with Crippen molar-refractivity contribution in [3.05, 3.63) is 40.6 Å². The minimum absolute atomic E-state index is 0.147. The second-order valence-corrected chi connectivity index (χ2v) is 6.89. The van der Waals surface area contributed by atoms with Gasteiger partial charge in [0.05, 0.1) is 0 Å². The molecule has 0 spiro atoms. The molecule has 7 nitrogen and oxygen atoms in total. The van der Waals surface area contributed by atoms with Crippen LogP contribution in [0.1, 0.15) is 32.8 Å². The molecular weight excluding hydrogens is 296 g/mol. The zero-order valence-corrected chi connectivity index (χ0v) is 13.4. The molecule has 3 rings (SSSR count). The maximum absolute atomic E-state index is 12.1. The van der Waals surface area contributed by atoms with Crippen molar-refractivity contribution in [2.45, 2.75) is 33.2 Å². The van der Waals surface area contributed by atoms with Crippen LogP contribution in [-0.4, -0.2) is 43.3 Å². The zero-order chi connectivity index (χ0) is 16.8. The van der Waals surface area contributed by atoms with Crippen LogP contribution in [0, 0.1) is 5.41 Å². The van der Waals surface area contributed by atoms with Crippen molar-refractivity contribution < 1.29 is 9.90 Å². The van der Waals surface area contributed by atoms with E-state index in [1.54, 1.807) is 10.7 Å². The molecule has 3 heterocycles. The van der Waals surface area contributed by atoms with E-state index in [9.17, 15) is 14.7 Å². The fraction of sp³-hybridized carbons (Fsp3) is 0.438. The number of nitrogens with one attached hydrogen (secondary N) is 1. The highest BCUT2D eigenvalue weighted by Crippen LogP contribution is 2.36. The largest absolute Gasteiger partial charge is 0.465 e. The zero-order valence-electron chi connectivity index (χ0n) is 13.4. The molecule has 2 aromatic heterocycles. The molecule has 23 heavy (non-hydrogen) atoms. The lowest BCUT2D eigenvalue weighted by atomic mass is 9.79. The van der Waals surface area contributed by atoms with E-state index in [1.165, 1.54) is 11.2 Å². The van der Waals surface area contributed by atoms with E-state index in [-0.39, 0.29) is 17.0 Å². The van der Waals surface area contributed by atoms with Crippen molar-refractivity contribution in [1.82, 2.24) is 19.5 Å². The lowest BCUT2D eigenvalue weighted by Gasteiger charge is -2.41. The highest BCUT2D eigenvalue weighted by atomic mass is 16.4. The monoisotopic (exact) mass is 316 g/mol. The molecule has 0 radical (unpaired) electrons. The van der Waals surface area contributed by atoms with E-state index in [2.05, 4.69) is 10.1 Å². The van der Waals surface area contributed by atoms with Crippen LogP contribution in [0.25, 0.3) is 11.1 Å². The Morgan fingerprint density at radius 1 is 1.43 bits per heavy atom. The van der Waals surface area contributed by atoms with Crippen molar-refractivity contribution in [2.75, 3.05) is 6.54 Å². The second kappa shape index (κ2) is 5.26. The number of carboxylic acid groups (broad SMARTS) is 1. The van der Waals surface area contributed by atoms with Crippen LogP contribution in [0.2, 0.25) is 0 Å². The summed E-state index contributed by atoms with van der Waals surface area (Å²) in [6.45, 7) is 6.41. The van der Waals surface area contributed by atoms with Crippen LogP contribution < -0.4 is 5.56 Å². The Kier molecular flexibility index (Phi) is 3.50. The number of hydrogen-bond acceptors (Lipinski definition) is 3. The molecule has 122 valence electrons. The standard InChI is InChI=1S/C16H20N4O3/c1-16(2,3)12-8-10(4-6-19(12)15(22)23)11-5-7-20-13(11)14(21)17-9-18-20/h4-5,7,9,12H,6,8H2,1-3H3,(H,22,23)(H,17,18,21). The predicted octanol–water partition coefficient (Wildman–Crippen LogP) is 2.20. The minimum Gasteiger partial charge on any atom is -0.465 e. The Hall–Kier alpha value is -2.57. The maximum atomic E-state index is 12.1. The Morgan fingerprint density at radius 2 is 2.17 bits per heavy atom. The summed E-state index contributed by atoms with van der Waals surface area (Å²) in [7, 11) is 0. The van der Waals surface area contributed by atoms with Gasteiger partial charge in [0.25, 0.3) is 5.56 Å². The normalized spacial score (nSPS) is 19.0. The Bertz CT molecular complexity index is 841. The van der Waals surface area contributed by atoms with E-state index in [0.29, 0.717) is 18.5 Å². The molecule has 1 atom stereocenters. The van der Waals surface area contributed by atoms with Crippen LogP contribution in [0.5, 0.6) is 0 Å². The van der Waals surface area contributed by atoms with E-state index in [0.717, 1.165) is 11.1 Å². The van der Waals surface area contributed by atoms with Crippen LogP contribution in [0.15, 0.2) is 29.5 Å². The fourth-order valence-electron chi connectivity index (χ4n) is 3.16. The van der Waals surface area contributed by atoms with Gasteiger partial charge in [-0.3, -0.25) is 4.79 Å². The lowest BCUT2D eigenvalue weighted by molar-refractivity contribution is 0.0884. The van der Waals surface area contributed by atoms with Crippen molar-refractivity contribution >= 4 is 17.2 Å². The number of rotatable bonds is 1. The van der Waals surface area contributed by atoms with Gasteiger partial charge in [0, 0.05) is 24.3 Å². The van der Waals surface area contributed by atoms with Crippen molar-refractivity contribution in [1.29, 1.82) is 0 Å². The number of hydrogen-bond donors (Lipinski definition) is 2. The van der Waals surface area contributed by atoms with Gasteiger partial charge in [-0.15, -0.1) is 0 Å². The van der Waals surface area contributed by atoms with Crippen molar-refractivity contribution in [2.24, 2.45) is 5.41 Å². The fourth-order valence-corrected chi connectivity index (χ4v) is 3.16. The summed E-state index contributed by atoms with van der Waals surface area (Å²) in [4.78, 5) is 27.7. The third-order valence-electron chi connectivity index (χ3n) is 4.37. The van der Waals surface area contributed by atoms with Gasteiger partial charge in [-0.05, 0) is 23.5 Å². The van der Waals surface area contributed by atoms with E-state index >= 15 is 0 Å². The van der Waals surface area contributed by atoms with E-state index < -0.39 is 6.09 Å². The molecule has 1 amide bonds. The van der Waals surface area contributed by atoms with Crippen LogP contribution in [-0.2, 0) is 0 Å². The summed E-state index contributed by atoms with van der Waals surface area (Å²) in [6.07, 6.45) is 4.65. The van der Waals surface area contributed by atoms with Crippen molar-refractivity contribution in [3.8, 4) is 0 Å². The molecule has 7 heteroatoms. The van der Waals surface area contributed by atoms with Gasteiger partial charge in [-0.25, -0.2) is 9.31 Å². The molecule has 0 saturated carbocycles. The minimum atomic E-state index is -0.915. The molecule has 0 fully saturated rings. The molecule has 1 aliphatic rings. The summed E-state index contributed by atoms with van der Waals surface area (Å²) in [5.74, 6) is 0. The molecule has 0 aliphatic carbocycles. The summed E-state index contributed by atoms with van der Waals surface area (Å²) in [5.41, 5.74) is 1.91. The van der Waals surface area contributed by atoms with Gasteiger partial charge in [-0.2, -0.15) is 5.10 Å². The van der Waals surface area contributed by atoms with Gasteiger partial charge in [0.15, 0.2) is 0 Å². The smallest absolute Gasteiger partial charge is 0.407 e. The first-order chi connectivity index (χ1) is 10.8. The van der Waals surface area contributed by atoms with Gasteiger partial charge in [-0.1, -0.05) is 26.8 Å². The number of amides is 1. The Balaban J connectivity index is 2.07. The van der Waals surface area contributed by atoms with E-state index in [1.807, 2.05) is 32.9 Å². The highest BCUT2D eigenvalue weighted by Gasteiger charge is 2.36. The summed E-state index contributed by atoms with van der Waals surface area (Å²) in [6, 6.07) is 1.71. The first-order valence-electron chi connectivity index (χ1n) is 7.53. The number of aromatic nitrogens is 3. The number of H-pyrrole nitrogens is 1. The number of carbonyl (C=O) groups is 1. The van der Waals surface area contributed by atoms with E-state index in [4.69, 9.17) is 0 Å². The first kappa shape index (κ1) is 15.3. The maximum Gasteiger partial charge on any atom is 0.407 e. The van der Waals surface area contributed by atoms with Crippen LogP contribution in [0.4, 0.5) is 4.79 Å². The third kappa shape index (κ3) is 2.62.